The summed E-state index contributed by atoms with van der Waals surface area (Å²) in [5.74, 6) is 0. The fourth-order valence-electron chi connectivity index (χ4n) is 1.70. The Morgan fingerprint density at radius 2 is 2.21 bits per heavy atom. The van der Waals surface area contributed by atoms with Gasteiger partial charge in [0.1, 0.15) is 0 Å². The lowest BCUT2D eigenvalue weighted by molar-refractivity contribution is 0.235. The van der Waals surface area contributed by atoms with E-state index in [4.69, 9.17) is 16.3 Å². The Morgan fingerprint density at radius 3 is 2.93 bits per heavy atom. The van der Waals surface area contributed by atoms with Crippen molar-refractivity contribution in [3.63, 3.8) is 0 Å². The molecule has 0 amide bonds. The van der Waals surface area contributed by atoms with E-state index in [0.29, 0.717) is 0 Å². The number of hydrogen-bond acceptors (Lipinski definition) is 1. The zero-order chi connectivity index (χ0) is 9.97. The van der Waals surface area contributed by atoms with E-state index in [1.54, 1.807) is 0 Å². The molecule has 0 N–H and O–H groups in total. The van der Waals surface area contributed by atoms with Crippen LogP contribution in [0.1, 0.15) is 24.0 Å². The van der Waals surface area contributed by atoms with E-state index in [1.807, 2.05) is 24.5 Å². The van der Waals surface area contributed by atoms with Crippen LogP contribution in [-0.2, 0) is 4.74 Å². The molecule has 1 nitrogen and oxygen atoms in total. The number of rotatable bonds is 1. The van der Waals surface area contributed by atoms with Crippen molar-refractivity contribution >= 4 is 17.2 Å². The second-order valence-electron chi connectivity index (χ2n) is 3.58. The third kappa shape index (κ3) is 1.93. The molecule has 1 aliphatic rings. The van der Waals surface area contributed by atoms with Crippen molar-refractivity contribution < 1.29 is 4.74 Å². The number of allylic oxidation sites excluding steroid dienone is 1. The van der Waals surface area contributed by atoms with Crippen LogP contribution in [0, 0.1) is 6.92 Å². The summed E-state index contributed by atoms with van der Waals surface area (Å²) in [6, 6.07) is 5.98. The maximum absolute atomic E-state index is 5.97. The van der Waals surface area contributed by atoms with E-state index < -0.39 is 0 Å². The van der Waals surface area contributed by atoms with Crippen molar-refractivity contribution in [3.05, 3.63) is 40.6 Å². The van der Waals surface area contributed by atoms with Crippen molar-refractivity contribution in [3.8, 4) is 0 Å². The van der Waals surface area contributed by atoms with Crippen molar-refractivity contribution in [1.82, 2.24) is 0 Å². The summed E-state index contributed by atoms with van der Waals surface area (Å²) in [6.45, 7) is 2.93. The van der Waals surface area contributed by atoms with Crippen LogP contribution in [-0.4, -0.2) is 6.61 Å². The Morgan fingerprint density at radius 1 is 1.36 bits per heavy atom. The van der Waals surface area contributed by atoms with Gasteiger partial charge in [-0.1, -0.05) is 17.7 Å². The van der Waals surface area contributed by atoms with Crippen LogP contribution in [0.3, 0.4) is 0 Å². The molecule has 0 atom stereocenters. The molecule has 0 bridgehead atoms. The van der Waals surface area contributed by atoms with Crippen LogP contribution in [0.2, 0.25) is 5.02 Å². The van der Waals surface area contributed by atoms with Crippen LogP contribution < -0.4 is 0 Å². The van der Waals surface area contributed by atoms with Gasteiger partial charge in [0, 0.05) is 5.02 Å². The normalized spacial score (nSPS) is 16.0. The first-order chi connectivity index (χ1) is 6.77. The molecule has 1 aromatic carbocycles. The van der Waals surface area contributed by atoms with Crippen LogP contribution >= 0.6 is 11.6 Å². The minimum atomic E-state index is 0.789. The molecule has 2 rings (SSSR count). The Kier molecular flexibility index (Phi) is 2.78. The van der Waals surface area contributed by atoms with Gasteiger partial charge in [-0.3, -0.25) is 0 Å². The summed E-state index contributed by atoms with van der Waals surface area (Å²) >= 11 is 5.97. The van der Waals surface area contributed by atoms with Gasteiger partial charge >= 0.3 is 0 Å². The smallest absolute Gasteiger partial charge is 0.0876 e. The molecule has 0 saturated heterocycles. The van der Waals surface area contributed by atoms with Crippen LogP contribution in [0.15, 0.2) is 24.5 Å². The maximum Gasteiger partial charge on any atom is 0.0876 e. The zero-order valence-corrected chi connectivity index (χ0v) is 8.97. The first kappa shape index (κ1) is 9.60. The highest BCUT2D eigenvalue weighted by atomic mass is 35.5. The average Bonchev–Trinajstić information content (AvgIpc) is 2.23. The van der Waals surface area contributed by atoms with Gasteiger partial charge in [-0.2, -0.15) is 0 Å². The monoisotopic (exact) mass is 208 g/mol. The molecule has 0 spiro atoms. The van der Waals surface area contributed by atoms with E-state index in [0.717, 1.165) is 24.5 Å². The van der Waals surface area contributed by atoms with Gasteiger partial charge < -0.3 is 4.74 Å². The summed E-state index contributed by atoms with van der Waals surface area (Å²) in [5, 5.41) is 0.789. The molecule has 0 aromatic heterocycles. The number of benzene rings is 1. The number of ether oxygens (including phenoxy) is 1. The molecule has 1 heterocycles. The lowest BCUT2D eigenvalue weighted by Gasteiger charge is -2.15. The summed E-state index contributed by atoms with van der Waals surface area (Å²) in [4.78, 5) is 0. The standard InChI is InChI=1S/C12H13ClO/c1-9-4-5-11(13)7-12(9)10-3-2-6-14-8-10/h4-5,7-8H,2-3,6H2,1H3. The Hall–Kier alpha value is -0.950. The topological polar surface area (TPSA) is 9.23 Å². The molecule has 1 aromatic rings. The molecular formula is C12H13ClO. The van der Waals surface area contributed by atoms with Crippen LogP contribution in [0.5, 0.6) is 0 Å². The van der Waals surface area contributed by atoms with E-state index in [9.17, 15) is 0 Å². The fraction of sp³-hybridized carbons (Fsp3) is 0.333. The molecule has 1 aliphatic heterocycles. The average molecular weight is 209 g/mol. The zero-order valence-electron chi connectivity index (χ0n) is 8.22. The second-order valence-corrected chi connectivity index (χ2v) is 4.01. The molecule has 14 heavy (non-hydrogen) atoms. The van der Waals surface area contributed by atoms with Crippen molar-refractivity contribution in [2.24, 2.45) is 0 Å². The third-order valence-electron chi connectivity index (χ3n) is 2.48. The lowest BCUT2D eigenvalue weighted by Crippen LogP contribution is -1.99. The van der Waals surface area contributed by atoms with Gasteiger partial charge in [-0.15, -0.1) is 0 Å². The van der Waals surface area contributed by atoms with Gasteiger partial charge in [0.2, 0.25) is 0 Å². The largest absolute Gasteiger partial charge is 0.501 e. The van der Waals surface area contributed by atoms with Crippen LogP contribution in [0.25, 0.3) is 5.57 Å². The van der Waals surface area contributed by atoms with E-state index in [-0.39, 0.29) is 0 Å². The summed E-state index contributed by atoms with van der Waals surface area (Å²) in [5.41, 5.74) is 3.74. The molecule has 74 valence electrons. The van der Waals surface area contributed by atoms with Crippen LogP contribution in [0.4, 0.5) is 0 Å². The molecule has 0 aliphatic carbocycles. The number of hydrogen-bond donors (Lipinski definition) is 0. The predicted molar refractivity (Wildman–Crippen MR) is 59.4 cm³/mol. The summed E-state index contributed by atoms with van der Waals surface area (Å²) in [6.07, 6.45) is 4.04. The van der Waals surface area contributed by atoms with E-state index in [2.05, 4.69) is 6.92 Å². The SMILES string of the molecule is Cc1ccc(Cl)cc1C1=COCCC1. The van der Waals surface area contributed by atoms with Gasteiger partial charge in [0.05, 0.1) is 12.9 Å². The number of aryl methyl sites for hydroxylation is 1. The first-order valence-corrected chi connectivity index (χ1v) is 5.22. The highest BCUT2D eigenvalue weighted by Gasteiger charge is 2.09. The molecule has 0 saturated carbocycles. The molecule has 0 unspecified atom stereocenters. The lowest BCUT2D eigenvalue weighted by atomic mass is 9.97. The quantitative estimate of drug-likeness (QED) is 0.682. The summed E-state index contributed by atoms with van der Waals surface area (Å²) < 4.78 is 5.33. The van der Waals surface area contributed by atoms with Crippen molar-refractivity contribution in [2.75, 3.05) is 6.61 Å². The minimum absolute atomic E-state index is 0.789. The number of halogens is 1. The minimum Gasteiger partial charge on any atom is -0.501 e. The van der Waals surface area contributed by atoms with Gasteiger partial charge in [-0.05, 0) is 48.6 Å². The molecular weight excluding hydrogens is 196 g/mol. The van der Waals surface area contributed by atoms with E-state index >= 15 is 0 Å². The fourth-order valence-corrected chi connectivity index (χ4v) is 1.87. The van der Waals surface area contributed by atoms with Crippen molar-refractivity contribution in [1.29, 1.82) is 0 Å². The molecule has 0 radical (unpaired) electrons. The Labute approximate surface area is 89.3 Å². The van der Waals surface area contributed by atoms with Crippen molar-refractivity contribution in [2.45, 2.75) is 19.8 Å². The van der Waals surface area contributed by atoms with Gasteiger partial charge in [0.15, 0.2) is 0 Å². The second kappa shape index (κ2) is 4.05. The molecule has 2 heteroatoms. The first-order valence-electron chi connectivity index (χ1n) is 4.84. The Bertz CT molecular complexity index is 369. The maximum atomic E-state index is 5.97. The predicted octanol–water partition coefficient (Wildman–Crippen LogP) is 3.80. The highest BCUT2D eigenvalue weighted by Crippen LogP contribution is 2.28. The highest BCUT2D eigenvalue weighted by molar-refractivity contribution is 6.30. The Balaban J connectivity index is 2.39. The van der Waals surface area contributed by atoms with Gasteiger partial charge in [0.25, 0.3) is 0 Å². The van der Waals surface area contributed by atoms with Gasteiger partial charge in [-0.25, -0.2) is 0 Å². The van der Waals surface area contributed by atoms with E-state index in [1.165, 1.54) is 16.7 Å². The third-order valence-corrected chi connectivity index (χ3v) is 2.71. The summed E-state index contributed by atoms with van der Waals surface area (Å²) in [7, 11) is 0. The molecule has 0 fully saturated rings.